The molecule has 2 rings (SSSR count). The third-order valence-electron chi connectivity index (χ3n) is 2.99. The molecule has 1 atom stereocenters. The van der Waals surface area contributed by atoms with E-state index in [1.165, 1.54) is 0 Å². The van der Waals surface area contributed by atoms with Crippen LogP contribution in [0.15, 0.2) is 30.3 Å². The van der Waals surface area contributed by atoms with Crippen molar-refractivity contribution in [3.8, 4) is 0 Å². The Bertz CT molecular complexity index is 674. The van der Waals surface area contributed by atoms with Crippen molar-refractivity contribution >= 4 is 23.2 Å². The van der Waals surface area contributed by atoms with Crippen LogP contribution in [0.25, 0.3) is 0 Å². The number of hydrogen-bond donors (Lipinski definition) is 1. The molecule has 21 heavy (non-hydrogen) atoms. The number of nitrogens with zero attached hydrogens (tertiary/aromatic N) is 1. The van der Waals surface area contributed by atoms with E-state index in [2.05, 4.69) is 4.98 Å². The Kier molecular flexibility index (Phi) is 4.46. The van der Waals surface area contributed by atoms with Crippen LogP contribution >= 0.6 is 23.2 Å². The molecular formula is C14H10Cl2F3NO. The van der Waals surface area contributed by atoms with Gasteiger partial charge in [-0.05, 0) is 36.2 Å². The molecule has 2 nitrogen and oxygen atoms in total. The van der Waals surface area contributed by atoms with E-state index in [0.29, 0.717) is 16.1 Å². The number of aromatic nitrogens is 1. The molecule has 1 aromatic heterocycles. The minimum absolute atomic E-state index is 0.107. The van der Waals surface area contributed by atoms with Crippen LogP contribution in [-0.4, -0.2) is 10.1 Å². The first-order chi connectivity index (χ1) is 9.70. The summed E-state index contributed by atoms with van der Waals surface area (Å²) in [5.41, 5.74) is 0.209. The molecule has 1 unspecified atom stereocenters. The zero-order chi connectivity index (χ0) is 15.8. The van der Waals surface area contributed by atoms with Crippen molar-refractivity contribution in [2.24, 2.45) is 0 Å². The maximum absolute atomic E-state index is 12.5. The molecule has 1 aromatic carbocycles. The lowest BCUT2D eigenvalue weighted by molar-refractivity contribution is -0.141. The third-order valence-corrected chi connectivity index (χ3v) is 3.53. The summed E-state index contributed by atoms with van der Waals surface area (Å²) >= 11 is 11.6. The van der Waals surface area contributed by atoms with Gasteiger partial charge in [0, 0.05) is 10.6 Å². The van der Waals surface area contributed by atoms with E-state index in [-0.39, 0.29) is 10.7 Å². The van der Waals surface area contributed by atoms with E-state index in [4.69, 9.17) is 23.2 Å². The molecule has 7 heteroatoms. The molecule has 112 valence electrons. The normalized spacial score (nSPS) is 13.3. The standard InChI is InChI=1S/C14H10Cl2F3NO/c1-7-6-8(15)2-3-9(7)12(21)10-4-5-11(14(17,18)19)20-13(10)16/h2-6,12,21H,1H3. The van der Waals surface area contributed by atoms with Crippen molar-refractivity contribution in [1.29, 1.82) is 0 Å². The van der Waals surface area contributed by atoms with Gasteiger partial charge < -0.3 is 5.11 Å². The molecule has 1 N–H and O–H groups in total. The van der Waals surface area contributed by atoms with Gasteiger partial charge in [0.25, 0.3) is 0 Å². The molecule has 0 radical (unpaired) electrons. The number of aliphatic hydroxyl groups is 1. The Morgan fingerprint density at radius 1 is 1.10 bits per heavy atom. The van der Waals surface area contributed by atoms with Crippen LogP contribution in [0.1, 0.15) is 28.5 Å². The minimum Gasteiger partial charge on any atom is -0.384 e. The average Bonchev–Trinajstić information content (AvgIpc) is 2.36. The summed E-state index contributed by atoms with van der Waals surface area (Å²) in [6.45, 7) is 1.73. The molecule has 0 aliphatic rings. The average molecular weight is 336 g/mol. The Balaban J connectivity index is 2.42. The van der Waals surface area contributed by atoms with Crippen LogP contribution in [-0.2, 0) is 6.18 Å². The van der Waals surface area contributed by atoms with Crippen LogP contribution in [0.3, 0.4) is 0 Å². The second-order valence-electron chi connectivity index (χ2n) is 4.48. The van der Waals surface area contributed by atoms with Crippen molar-refractivity contribution in [2.75, 3.05) is 0 Å². The SMILES string of the molecule is Cc1cc(Cl)ccc1C(O)c1ccc(C(F)(F)F)nc1Cl. The van der Waals surface area contributed by atoms with E-state index in [0.717, 1.165) is 12.1 Å². The van der Waals surface area contributed by atoms with Gasteiger partial charge in [-0.2, -0.15) is 13.2 Å². The first-order valence-electron chi connectivity index (χ1n) is 5.88. The van der Waals surface area contributed by atoms with Crippen molar-refractivity contribution < 1.29 is 18.3 Å². The topological polar surface area (TPSA) is 33.1 Å². The molecule has 0 bridgehead atoms. The highest BCUT2D eigenvalue weighted by Gasteiger charge is 2.33. The molecule has 0 fully saturated rings. The Morgan fingerprint density at radius 2 is 1.71 bits per heavy atom. The van der Waals surface area contributed by atoms with Gasteiger partial charge in [0.2, 0.25) is 0 Å². The highest BCUT2D eigenvalue weighted by molar-refractivity contribution is 6.30. The monoisotopic (exact) mass is 335 g/mol. The number of hydrogen-bond acceptors (Lipinski definition) is 2. The zero-order valence-corrected chi connectivity index (χ0v) is 12.3. The Morgan fingerprint density at radius 3 is 2.24 bits per heavy atom. The fraction of sp³-hybridized carbons (Fsp3) is 0.214. The van der Waals surface area contributed by atoms with Crippen molar-refractivity contribution in [3.63, 3.8) is 0 Å². The van der Waals surface area contributed by atoms with Crippen molar-refractivity contribution in [1.82, 2.24) is 4.98 Å². The summed E-state index contributed by atoms with van der Waals surface area (Å²) in [6.07, 6.45) is -5.76. The van der Waals surface area contributed by atoms with Gasteiger partial charge in [0.15, 0.2) is 0 Å². The molecule has 0 saturated carbocycles. The number of aryl methyl sites for hydroxylation is 1. The first kappa shape index (κ1) is 16.1. The summed E-state index contributed by atoms with van der Waals surface area (Å²) < 4.78 is 37.6. The molecule has 1 heterocycles. The van der Waals surface area contributed by atoms with Gasteiger partial charge in [-0.1, -0.05) is 35.3 Å². The van der Waals surface area contributed by atoms with Crippen LogP contribution in [0.4, 0.5) is 13.2 Å². The van der Waals surface area contributed by atoms with Crippen LogP contribution in [0, 0.1) is 6.92 Å². The molecule has 0 aliphatic carbocycles. The number of benzene rings is 1. The number of alkyl halides is 3. The number of pyridine rings is 1. The van der Waals surface area contributed by atoms with E-state index < -0.39 is 18.0 Å². The maximum atomic E-state index is 12.5. The largest absolute Gasteiger partial charge is 0.433 e. The molecule has 0 amide bonds. The minimum atomic E-state index is -4.58. The molecule has 0 saturated heterocycles. The molecule has 2 aromatic rings. The van der Waals surface area contributed by atoms with Crippen molar-refractivity contribution in [3.05, 3.63) is 62.9 Å². The van der Waals surface area contributed by atoms with Gasteiger partial charge in [0.1, 0.15) is 17.0 Å². The van der Waals surface area contributed by atoms with E-state index in [9.17, 15) is 18.3 Å². The highest BCUT2D eigenvalue weighted by atomic mass is 35.5. The predicted molar refractivity (Wildman–Crippen MR) is 74.5 cm³/mol. The Labute approximate surface area is 129 Å². The summed E-state index contributed by atoms with van der Waals surface area (Å²) in [5.74, 6) is 0. The predicted octanol–water partition coefficient (Wildman–Crippen LogP) is 4.80. The van der Waals surface area contributed by atoms with Crippen LogP contribution in [0.2, 0.25) is 10.2 Å². The maximum Gasteiger partial charge on any atom is 0.433 e. The first-order valence-corrected chi connectivity index (χ1v) is 6.63. The van der Waals surface area contributed by atoms with E-state index in [1.54, 1.807) is 25.1 Å². The van der Waals surface area contributed by atoms with Gasteiger partial charge in [-0.3, -0.25) is 0 Å². The van der Waals surface area contributed by atoms with E-state index in [1.807, 2.05) is 0 Å². The quantitative estimate of drug-likeness (QED) is 0.800. The number of rotatable bonds is 2. The summed E-state index contributed by atoms with van der Waals surface area (Å²) in [6, 6.07) is 6.73. The second-order valence-corrected chi connectivity index (χ2v) is 5.27. The smallest absolute Gasteiger partial charge is 0.384 e. The van der Waals surface area contributed by atoms with Gasteiger partial charge in [-0.15, -0.1) is 0 Å². The lowest BCUT2D eigenvalue weighted by atomic mass is 9.98. The second kappa shape index (κ2) is 5.83. The zero-order valence-electron chi connectivity index (χ0n) is 10.7. The van der Waals surface area contributed by atoms with Crippen LogP contribution in [0.5, 0.6) is 0 Å². The lowest BCUT2D eigenvalue weighted by Crippen LogP contribution is -2.10. The third kappa shape index (κ3) is 3.48. The van der Waals surface area contributed by atoms with Gasteiger partial charge >= 0.3 is 6.18 Å². The number of halogens is 5. The summed E-state index contributed by atoms with van der Waals surface area (Å²) in [5, 5.41) is 10.4. The van der Waals surface area contributed by atoms with Crippen LogP contribution < -0.4 is 0 Å². The fourth-order valence-corrected chi connectivity index (χ4v) is 2.40. The lowest BCUT2D eigenvalue weighted by Gasteiger charge is -2.16. The van der Waals surface area contributed by atoms with Gasteiger partial charge in [-0.25, -0.2) is 4.98 Å². The molecular weight excluding hydrogens is 326 g/mol. The highest BCUT2D eigenvalue weighted by Crippen LogP contribution is 2.34. The molecule has 0 spiro atoms. The van der Waals surface area contributed by atoms with Crippen molar-refractivity contribution in [2.45, 2.75) is 19.2 Å². The fourth-order valence-electron chi connectivity index (χ4n) is 1.92. The van der Waals surface area contributed by atoms with E-state index >= 15 is 0 Å². The summed E-state index contributed by atoms with van der Waals surface area (Å²) in [4.78, 5) is 3.29. The molecule has 0 aliphatic heterocycles. The van der Waals surface area contributed by atoms with Gasteiger partial charge in [0.05, 0.1) is 0 Å². The number of aliphatic hydroxyl groups excluding tert-OH is 1. The Hall–Kier alpha value is -1.30. The summed E-state index contributed by atoms with van der Waals surface area (Å²) in [7, 11) is 0.